The minimum atomic E-state index is -0.774. The van der Waals surface area contributed by atoms with Crippen LogP contribution in [-0.2, 0) is 23.8 Å². The molecule has 0 aliphatic rings. The van der Waals surface area contributed by atoms with Crippen molar-refractivity contribution < 1.29 is 28.9 Å². The standard InChI is InChI=1S/C39H72O5.C4H10O/c1-3-5-7-9-11-13-15-17-19-21-23-25-27-29-31-33-38(41)43-36-37(35-40)44-39(42)34-32-30-28-26-24-22-20-18-16-14-12-10-8-6-4-2;1-3-5-4-2/h17-20,37,40H,3-16,21-36H2,1-2H3;3-4H2,1-2H3/b19-17-,20-18-;. The number of aliphatic hydroxyl groups excluding tert-OH is 1. The molecule has 49 heavy (non-hydrogen) atoms. The second-order valence-electron chi connectivity index (χ2n) is 13.4. The van der Waals surface area contributed by atoms with Crippen LogP contribution in [0.1, 0.15) is 207 Å². The number of carbonyl (C=O) groups excluding carboxylic acids is 2. The molecule has 1 unspecified atom stereocenters. The molecular formula is C43H82O6. The van der Waals surface area contributed by atoms with Crippen LogP contribution in [0, 0.1) is 0 Å². The second kappa shape index (κ2) is 44.4. The molecule has 0 aliphatic heterocycles. The first-order valence-electron chi connectivity index (χ1n) is 20.9. The van der Waals surface area contributed by atoms with E-state index >= 15 is 0 Å². The Labute approximate surface area is 304 Å². The Morgan fingerprint density at radius 3 is 1.18 bits per heavy atom. The van der Waals surface area contributed by atoms with E-state index in [0.29, 0.717) is 12.8 Å². The number of unbranched alkanes of at least 4 members (excludes halogenated alkanes) is 22. The lowest BCUT2D eigenvalue weighted by Gasteiger charge is -2.15. The molecule has 0 aromatic heterocycles. The zero-order valence-electron chi connectivity index (χ0n) is 33.0. The average Bonchev–Trinajstić information content (AvgIpc) is 3.10. The van der Waals surface area contributed by atoms with E-state index in [1.54, 1.807) is 0 Å². The summed E-state index contributed by atoms with van der Waals surface area (Å²) in [6, 6.07) is 0. The van der Waals surface area contributed by atoms with Gasteiger partial charge in [-0.25, -0.2) is 0 Å². The Balaban J connectivity index is 0. The summed E-state index contributed by atoms with van der Waals surface area (Å²) in [4.78, 5) is 24.2. The van der Waals surface area contributed by atoms with Gasteiger partial charge in [-0.3, -0.25) is 9.59 Å². The largest absolute Gasteiger partial charge is 0.462 e. The maximum absolute atomic E-state index is 12.1. The molecule has 1 atom stereocenters. The summed E-state index contributed by atoms with van der Waals surface area (Å²) in [6.45, 7) is 9.78. The number of hydrogen-bond donors (Lipinski definition) is 1. The van der Waals surface area contributed by atoms with Crippen molar-refractivity contribution in [2.24, 2.45) is 0 Å². The molecule has 0 spiro atoms. The van der Waals surface area contributed by atoms with Gasteiger partial charge >= 0.3 is 11.9 Å². The Hall–Kier alpha value is -1.66. The Morgan fingerprint density at radius 2 is 0.837 bits per heavy atom. The quantitative estimate of drug-likeness (QED) is 0.0399. The number of hydrogen-bond acceptors (Lipinski definition) is 6. The van der Waals surface area contributed by atoms with E-state index in [9.17, 15) is 14.7 Å². The second-order valence-corrected chi connectivity index (χ2v) is 13.4. The van der Waals surface area contributed by atoms with Crippen LogP contribution >= 0.6 is 0 Å². The number of esters is 2. The lowest BCUT2D eigenvalue weighted by Crippen LogP contribution is -2.28. The van der Waals surface area contributed by atoms with Crippen molar-refractivity contribution in [1.82, 2.24) is 0 Å². The summed E-state index contributed by atoms with van der Waals surface area (Å²) in [5.74, 6) is -0.607. The first-order valence-corrected chi connectivity index (χ1v) is 20.9. The van der Waals surface area contributed by atoms with E-state index in [1.165, 1.54) is 116 Å². The Kier molecular flexibility index (Phi) is 44.8. The summed E-state index contributed by atoms with van der Waals surface area (Å²) in [7, 11) is 0. The fourth-order valence-electron chi connectivity index (χ4n) is 5.51. The molecule has 0 amide bonds. The number of ether oxygens (including phenoxy) is 3. The number of rotatable bonds is 36. The summed E-state index contributed by atoms with van der Waals surface area (Å²) < 4.78 is 15.4. The predicted molar refractivity (Wildman–Crippen MR) is 209 cm³/mol. The molecular weight excluding hydrogens is 612 g/mol. The van der Waals surface area contributed by atoms with Crippen LogP contribution in [0.4, 0.5) is 0 Å². The summed E-state index contributed by atoms with van der Waals surface area (Å²) in [5, 5.41) is 9.53. The van der Waals surface area contributed by atoms with E-state index < -0.39 is 6.10 Å². The highest BCUT2D eigenvalue weighted by Crippen LogP contribution is 2.12. The van der Waals surface area contributed by atoms with Gasteiger partial charge in [0.25, 0.3) is 0 Å². The number of aliphatic hydroxyl groups is 1. The highest BCUT2D eigenvalue weighted by molar-refractivity contribution is 5.70. The Morgan fingerprint density at radius 1 is 0.490 bits per heavy atom. The van der Waals surface area contributed by atoms with Gasteiger partial charge in [0.1, 0.15) is 6.61 Å². The highest BCUT2D eigenvalue weighted by Gasteiger charge is 2.16. The minimum absolute atomic E-state index is 0.0709. The maximum atomic E-state index is 12.1. The topological polar surface area (TPSA) is 82.1 Å². The maximum Gasteiger partial charge on any atom is 0.306 e. The van der Waals surface area contributed by atoms with Crippen molar-refractivity contribution in [1.29, 1.82) is 0 Å². The van der Waals surface area contributed by atoms with Crippen LogP contribution in [0.15, 0.2) is 24.3 Å². The third-order valence-corrected chi connectivity index (χ3v) is 8.63. The molecule has 0 bridgehead atoms. The van der Waals surface area contributed by atoms with E-state index in [2.05, 4.69) is 38.2 Å². The van der Waals surface area contributed by atoms with E-state index in [4.69, 9.17) is 14.2 Å². The fourth-order valence-corrected chi connectivity index (χ4v) is 5.51. The van der Waals surface area contributed by atoms with Crippen molar-refractivity contribution in [3.63, 3.8) is 0 Å². The van der Waals surface area contributed by atoms with Crippen molar-refractivity contribution in [2.45, 2.75) is 214 Å². The summed E-state index contributed by atoms with van der Waals surface area (Å²) in [6.07, 6.45) is 40.9. The molecule has 6 nitrogen and oxygen atoms in total. The van der Waals surface area contributed by atoms with E-state index in [0.717, 1.165) is 64.6 Å². The van der Waals surface area contributed by atoms with Crippen LogP contribution in [-0.4, -0.2) is 49.6 Å². The molecule has 0 aliphatic carbocycles. The minimum Gasteiger partial charge on any atom is -0.462 e. The molecule has 0 saturated heterocycles. The zero-order valence-corrected chi connectivity index (χ0v) is 33.0. The molecule has 0 rings (SSSR count). The molecule has 0 radical (unpaired) electrons. The van der Waals surface area contributed by atoms with Crippen molar-refractivity contribution in [3.05, 3.63) is 24.3 Å². The van der Waals surface area contributed by atoms with Crippen LogP contribution < -0.4 is 0 Å². The van der Waals surface area contributed by atoms with Gasteiger partial charge in [0, 0.05) is 26.1 Å². The van der Waals surface area contributed by atoms with Crippen LogP contribution in [0.25, 0.3) is 0 Å². The molecule has 0 aromatic carbocycles. The van der Waals surface area contributed by atoms with E-state index in [-0.39, 0.29) is 25.2 Å². The lowest BCUT2D eigenvalue weighted by molar-refractivity contribution is -0.161. The van der Waals surface area contributed by atoms with Gasteiger partial charge in [-0.05, 0) is 78.1 Å². The molecule has 0 aromatic rings. The molecule has 0 fully saturated rings. The molecule has 1 N–H and O–H groups in total. The van der Waals surface area contributed by atoms with Gasteiger partial charge in [-0.2, -0.15) is 0 Å². The van der Waals surface area contributed by atoms with Crippen LogP contribution in [0.2, 0.25) is 0 Å². The lowest BCUT2D eigenvalue weighted by atomic mass is 10.1. The predicted octanol–water partition coefficient (Wildman–Crippen LogP) is 12.6. The van der Waals surface area contributed by atoms with Crippen LogP contribution in [0.3, 0.4) is 0 Å². The number of carbonyl (C=O) groups is 2. The van der Waals surface area contributed by atoms with Crippen LogP contribution in [0.5, 0.6) is 0 Å². The van der Waals surface area contributed by atoms with Gasteiger partial charge in [0.2, 0.25) is 0 Å². The first kappa shape index (κ1) is 49.5. The summed E-state index contributed by atoms with van der Waals surface area (Å²) in [5.41, 5.74) is 0. The molecule has 0 heterocycles. The normalized spacial score (nSPS) is 11.9. The van der Waals surface area contributed by atoms with Crippen molar-refractivity contribution in [3.8, 4) is 0 Å². The van der Waals surface area contributed by atoms with Gasteiger partial charge in [-0.15, -0.1) is 0 Å². The highest BCUT2D eigenvalue weighted by atomic mass is 16.6. The SMILES string of the molecule is CCCCCCCC/C=C\CCCCCCCC(=O)OCC(CO)OC(=O)CCCCCCC/C=C\CCCCCCCC.CCOCC. The first-order chi connectivity index (χ1) is 24.0. The van der Waals surface area contributed by atoms with Gasteiger partial charge < -0.3 is 19.3 Å². The van der Waals surface area contributed by atoms with Crippen molar-refractivity contribution >= 4 is 11.9 Å². The Bertz CT molecular complexity index is 717. The summed E-state index contributed by atoms with van der Waals surface area (Å²) >= 11 is 0. The third kappa shape index (κ3) is 44.3. The molecule has 290 valence electrons. The molecule has 0 saturated carbocycles. The van der Waals surface area contributed by atoms with Crippen molar-refractivity contribution in [2.75, 3.05) is 26.4 Å². The van der Waals surface area contributed by atoms with Gasteiger partial charge in [0.15, 0.2) is 6.10 Å². The van der Waals surface area contributed by atoms with Gasteiger partial charge in [0.05, 0.1) is 6.61 Å². The monoisotopic (exact) mass is 695 g/mol. The third-order valence-electron chi connectivity index (χ3n) is 8.63. The van der Waals surface area contributed by atoms with Gasteiger partial charge in [-0.1, -0.05) is 141 Å². The zero-order chi connectivity index (χ0) is 36.3. The number of allylic oxidation sites excluding steroid dienone is 4. The van der Waals surface area contributed by atoms with E-state index in [1.807, 2.05) is 13.8 Å². The average molecular weight is 695 g/mol. The fraction of sp³-hybridized carbons (Fsp3) is 0.860. The molecule has 6 heteroatoms. The smallest absolute Gasteiger partial charge is 0.306 e.